The van der Waals surface area contributed by atoms with Gasteiger partial charge in [0.25, 0.3) is 10.2 Å². The molecule has 0 saturated carbocycles. The highest BCUT2D eigenvalue weighted by molar-refractivity contribution is 4.88. The Morgan fingerprint density at radius 1 is 1.35 bits per heavy atom. The monoisotopic (exact) mass is 254 g/mol. The van der Waals surface area contributed by atoms with Crippen LogP contribution in [-0.2, 0) is 14.4 Å². The van der Waals surface area contributed by atoms with E-state index in [0.29, 0.717) is 0 Å². The number of aliphatic hydroxyl groups excluding tert-OH is 2. The third-order valence-electron chi connectivity index (χ3n) is 2.12. The van der Waals surface area contributed by atoms with Gasteiger partial charge in [-0.05, 0) is 0 Å². The Kier molecular flexibility index (Phi) is 4.37. The molecule has 0 aromatic heterocycles. The van der Waals surface area contributed by atoms with Crippen LogP contribution in [0, 0.1) is 20.2 Å². The summed E-state index contributed by atoms with van der Waals surface area (Å²) in [5, 5.41) is 36.3. The zero-order chi connectivity index (χ0) is 13.0. The largest absolute Gasteiger partial charge is 0.388 e. The number of nitrogens with zero attached hydrogens (tertiary/aromatic N) is 2. The average molecular weight is 254 g/mol. The van der Waals surface area contributed by atoms with Crippen molar-refractivity contribution in [2.75, 3.05) is 13.2 Å². The van der Waals surface area contributed by atoms with Gasteiger partial charge in [0.2, 0.25) is 0 Å². The summed E-state index contributed by atoms with van der Waals surface area (Å²) < 4.78 is 4.84. The summed E-state index contributed by atoms with van der Waals surface area (Å²) in [5.74, 6) is 0. The van der Waals surface area contributed by atoms with Crippen LogP contribution in [0.25, 0.3) is 0 Å². The van der Waals surface area contributed by atoms with Gasteiger partial charge >= 0.3 is 0 Å². The van der Waals surface area contributed by atoms with Gasteiger partial charge in [0, 0.05) is 0 Å². The lowest BCUT2D eigenvalue weighted by Gasteiger charge is -2.22. The van der Waals surface area contributed by atoms with E-state index in [1.807, 2.05) is 0 Å². The Morgan fingerprint density at radius 3 is 2.41 bits per heavy atom. The van der Waals surface area contributed by atoms with Crippen LogP contribution < -0.4 is 0 Å². The Morgan fingerprint density at radius 2 is 2.00 bits per heavy atom. The molecule has 0 aromatic carbocycles. The number of aliphatic hydroxyl groups is 2. The van der Waals surface area contributed by atoms with E-state index in [4.69, 9.17) is 9.84 Å². The Bertz CT molecular complexity index is 297. The second kappa shape index (κ2) is 5.56. The molecule has 0 aromatic rings. The molecule has 4 atom stereocenters. The molecule has 1 rings (SSSR count). The third kappa shape index (κ3) is 3.65. The average Bonchev–Trinajstić information content (AvgIpc) is 2.54. The summed E-state index contributed by atoms with van der Waals surface area (Å²) in [6.07, 6.45) is -5.43. The van der Waals surface area contributed by atoms with Crippen LogP contribution >= 0.6 is 0 Å². The van der Waals surface area contributed by atoms with E-state index in [-0.39, 0.29) is 6.61 Å². The van der Waals surface area contributed by atoms with Crippen molar-refractivity contribution in [3.8, 4) is 0 Å². The van der Waals surface area contributed by atoms with Crippen LogP contribution in [0.2, 0.25) is 0 Å². The molecule has 1 saturated heterocycles. The van der Waals surface area contributed by atoms with E-state index in [1.165, 1.54) is 0 Å². The standard InChI is InChI=1S/C6H10N2O9/c9-3-1-15-6(5(3)10)4(17-8(13)14)2-16-7(11)12/h3-6,9-10H,1-2H2/t3-,4+,5-,6-/m1/s1. The lowest BCUT2D eigenvalue weighted by atomic mass is 10.1. The van der Waals surface area contributed by atoms with E-state index in [0.717, 1.165) is 0 Å². The van der Waals surface area contributed by atoms with Crippen molar-refractivity contribution in [2.24, 2.45) is 0 Å². The normalized spacial score (nSPS) is 29.6. The fourth-order valence-corrected chi connectivity index (χ4v) is 1.38. The van der Waals surface area contributed by atoms with Crippen molar-refractivity contribution in [3.63, 3.8) is 0 Å². The number of rotatable bonds is 6. The summed E-state index contributed by atoms with van der Waals surface area (Å²) in [5.41, 5.74) is 0. The number of hydrogen-bond acceptors (Lipinski definition) is 9. The minimum Gasteiger partial charge on any atom is -0.388 e. The first-order valence-corrected chi connectivity index (χ1v) is 4.48. The van der Waals surface area contributed by atoms with Crippen molar-refractivity contribution in [1.29, 1.82) is 0 Å². The minimum atomic E-state index is -1.50. The first kappa shape index (κ1) is 13.3. The predicted octanol–water partition coefficient (Wildman–Crippen LogP) is -2.11. The summed E-state index contributed by atoms with van der Waals surface area (Å²) in [4.78, 5) is 28.1. The molecule has 1 aliphatic rings. The Balaban J connectivity index is 2.61. The second-order valence-electron chi connectivity index (χ2n) is 3.24. The molecule has 0 radical (unpaired) electrons. The van der Waals surface area contributed by atoms with E-state index in [1.54, 1.807) is 0 Å². The van der Waals surface area contributed by atoms with Crippen LogP contribution in [0.5, 0.6) is 0 Å². The van der Waals surface area contributed by atoms with Crippen molar-refractivity contribution in [2.45, 2.75) is 24.4 Å². The maximum absolute atomic E-state index is 10.2. The van der Waals surface area contributed by atoms with E-state index >= 15 is 0 Å². The fourth-order valence-electron chi connectivity index (χ4n) is 1.38. The third-order valence-corrected chi connectivity index (χ3v) is 2.12. The van der Waals surface area contributed by atoms with Gasteiger partial charge in [-0.3, -0.25) is 0 Å². The summed E-state index contributed by atoms with van der Waals surface area (Å²) in [7, 11) is 0. The van der Waals surface area contributed by atoms with Crippen LogP contribution in [0.15, 0.2) is 0 Å². The van der Waals surface area contributed by atoms with E-state index in [2.05, 4.69) is 9.68 Å². The van der Waals surface area contributed by atoms with Gasteiger partial charge in [-0.1, -0.05) is 0 Å². The second-order valence-corrected chi connectivity index (χ2v) is 3.24. The Labute approximate surface area is 93.7 Å². The van der Waals surface area contributed by atoms with E-state index < -0.39 is 41.2 Å². The molecule has 0 unspecified atom stereocenters. The van der Waals surface area contributed by atoms with E-state index in [9.17, 15) is 25.3 Å². The van der Waals surface area contributed by atoms with Crippen molar-refractivity contribution in [3.05, 3.63) is 20.2 Å². The number of hydrogen-bond donors (Lipinski definition) is 2. The van der Waals surface area contributed by atoms with Gasteiger partial charge in [0.05, 0.1) is 6.61 Å². The lowest BCUT2D eigenvalue weighted by molar-refractivity contribution is -0.791. The first-order valence-electron chi connectivity index (χ1n) is 4.48. The predicted molar refractivity (Wildman–Crippen MR) is 46.6 cm³/mol. The molecule has 0 spiro atoms. The first-order chi connectivity index (χ1) is 7.91. The Hall–Kier alpha value is -1.72. The minimum absolute atomic E-state index is 0.248. The maximum atomic E-state index is 10.2. The van der Waals surface area contributed by atoms with Crippen LogP contribution in [-0.4, -0.2) is 58.0 Å². The van der Waals surface area contributed by atoms with Gasteiger partial charge in [-0.2, -0.15) is 0 Å². The molecule has 98 valence electrons. The molecular formula is C6H10N2O9. The maximum Gasteiger partial charge on any atom is 0.294 e. The molecule has 17 heavy (non-hydrogen) atoms. The topological polar surface area (TPSA) is 154 Å². The van der Waals surface area contributed by atoms with Crippen molar-refractivity contribution < 1.29 is 34.8 Å². The SMILES string of the molecule is O=[N+]([O-])OC[C@H](O[N+](=O)[O-])[C@H]1OC[C@@H](O)[C@H]1O. The summed E-state index contributed by atoms with van der Waals surface area (Å²) in [6.45, 7) is -1.04. The van der Waals surface area contributed by atoms with Gasteiger partial charge in [-0.15, -0.1) is 20.2 Å². The van der Waals surface area contributed by atoms with Crippen LogP contribution in [0.3, 0.4) is 0 Å². The highest BCUT2D eigenvalue weighted by Crippen LogP contribution is 2.20. The van der Waals surface area contributed by atoms with Gasteiger partial charge in [0.15, 0.2) is 6.10 Å². The lowest BCUT2D eigenvalue weighted by Crippen LogP contribution is -2.43. The van der Waals surface area contributed by atoms with Gasteiger partial charge < -0.3 is 24.6 Å². The highest BCUT2D eigenvalue weighted by atomic mass is 17.0. The molecule has 11 heteroatoms. The smallest absolute Gasteiger partial charge is 0.294 e. The van der Waals surface area contributed by atoms with Crippen LogP contribution in [0.4, 0.5) is 0 Å². The quantitative estimate of drug-likeness (QED) is 0.400. The molecule has 1 aliphatic heterocycles. The van der Waals surface area contributed by atoms with Gasteiger partial charge in [-0.25, -0.2) is 0 Å². The summed E-state index contributed by atoms with van der Waals surface area (Å²) >= 11 is 0. The van der Waals surface area contributed by atoms with Crippen molar-refractivity contribution >= 4 is 0 Å². The molecule has 2 N–H and O–H groups in total. The highest BCUT2D eigenvalue weighted by Gasteiger charge is 2.42. The fraction of sp³-hybridized carbons (Fsp3) is 1.00. The zero-order valence-corrected chi connectivity index (χ0v) is 8.37. The molecule has 1 heterocycles. The summed E-state index contributed by atoms with van der Waals surface area (Å²) in [6, 6.07) is 0. The molecule has 11 nitrogen and oxygen atoms in total. The van der Waals surface area contributed by atoms with Gasteiger partial charge in [0.1, 0.15) is 24.9 Å². The zero-order valence-electron chi connectivity index (χ0n) is 8.37. The molecular weight excluding hydrogens is 244 g/mol. The number of ether oxygens (including phenoxy) is 1. The molecule has 1 fully saturated rings. The van der Waals surface area contributed by atoms with Crippen molar-refractivity contribution in [1.82, 2.24) is 0 Å². The van der Waals surface area contributed by atoms with Crippen LogP contribution in [0.1, 0.15) is 0 Å². The molecule has 0 aliphatic carbocycles. The molecule has 0 bridgehead atoms. The molecule has 0 amide bonds.